The predicted molar refractivity (Wildman–Crippen MR) is 78.1 cm³/mol. The van der Waals surface area contributed by atoms with Crippen LogP contribution in [0.15, 0.2) is 6.20 Å². The standard InChI is InChI=1S/C15H24N4O/c1-14(2)9-5-6-15(3,7-9)13(14)17-12(20)11-10(16)8-19(4)18-11/h8-9,13H,5-7,16H2,1-4H3,(H,17,20). The number of nitrogens with zero attached hydrogens (tertiary/aromatic N) is 2. The molecule has 2 saturated carbocycles. The Morgan fingerprint density at radius 2 is 2.20 bits per heavy atom. The lowest BCUT2D eigenvalue weighted by Gasteiger charge is -2.43. The van der Waals surface area contributed by atoms with Crippen molar-refractivity contribution >= 4 is 11.6 Å². The minimum Gasteiger partial charge on any atom is -0.396 e. The summed E-state index contributed by atoms with van der Waals surface area (Å²) in [5.41, 5.74) is 6.99. The third kappa shape index (κ3) is 1.75. The molecule has 1 aromatic heterocycles. The van der Waals surface area contributed by atoms with E-state index in [0.29, 0.717) is 17.3 Å². The van der Waals surface area contributed by atoms with E-state index in [1.807, 2.05) is 0 Å². The van der Waals surface area contributed by atoms with Gasteiger partial charge in [0.25, 0.3) is 5.91 Å². The molecule has 5 nitrogen and oxygen atoms in total. The Morgan fingerprint density at radius 3 is 2.70 bits per heavy atom. The number of fused-ring (bicyclic) bond motifs is 2. The van der Waals surface area contributed by atoms with Crippen molar-refractivity contribution in [1.29, 1.82) is 0 Å². The first-order chi connectivity index (χ1) is 9.24. The molecule has 3 N–H and O–H groups in total. The number of amides is 1. The molecule has 20 heavy (non-hydrogen) atoms. The van der Waals surface area contributed by atoms with Crippen LogP contribution in [0, 0.1) is 16.7 Å². The van der Waals surface area contributed by atoms with Crippen LogP contribution in [0.3, 0.4) is 0 Å². The number of carbonyl (C=O) groups is 1. The molecular weight excluding hydrogens is 252 g/mol. The van der Waals surface area contributed by atoms with Gasteiger partial charge < -0.3 is 11.1 Å². The molecule has 0 aromatic carbocycles. The topological polar surface area (TPSA) is 72.9 Å². The third-order valence-corrected chi connectivity index (χ3v) is 5.62. The van der Waals surface area contributed by atoms with Crippen molar-refractivity contribution in [3.8, 4) is 0 Å². The molecule has 2 aliphatic rings. The number of anilines is 1. The van der Waals surface area contributed by atoms with Crippen LogP contribution in [0.5, 0.6) is 0 Å². The van der Waals surface area contributed by atoms with E-state index in [0.717, 1.165) is 0 Å². The van der Waals surface area contributed by atoms with Crippen molar-refractivity contribution in [3.05, 3.63) is 11.9 Å². The van der Waals surface area contributed by atoms with Crippen LogP contribution < -0.4 is 11.1 Å². The van der Waals surface area contributed by atoms with E-state index in [4.69, 9.17) is 5.73 Å². The molecule has 0 aliphatic heterocycles. The number of nitrogen functional groups attached to an aromatic ring is 1. The van der Waals surface area contributed by atoms with Crippen molar-refractivity contribution in [2.24, 2.45) is 23.8 Å². The summed E-state index contributed by atoms with van der Waals surface area (Å²) < 4.78 is 1.58. The monoisotopic (exact) mass is 276 g/mol. The summed E-state index contributed by atoms with van der Waals surface area (Å²) in [7, 11) is 1.77. The molecule has 3 atom stereocenters. The fourth-order valence-electron chi connectivity index (χ4n) is 4.54. The second kappa shape index (κ2) is 3.99. The first kappa shape index (κ1) is 13.5. The zero-order valence-electron chi connectivity index (χ0n) is 12.7. The predicted octanol–water partition coefficient (Wildman–Crippen LogP) is 1.95. The average Bonchev–Trinajstić information content (AvgIpc) is 2.93. The SMILES string of the molecule is Cn1cc(N)c(C(=O)NC2C3(C)CCC(C3)C2(C)C)n1. The number of nitrogens with one attached hydrogen (secondary N) is 1. The number of hydrogen-bond donors (Lipinski definition) is 2. The van der Waals surface area contributed by atoms with E-state index in [1.165, 1.54) is 19.3 Å². The fraction of sp³-hybridized carbons (Fsp3) is 0.733. The zero-order valence-corrected chi connectivity index (χ0v) is 12.7. The lowest BCUT2D eigenvalue weighted by molar-refractivity contribution is 0.0733. The Labute approximate surface area is 119 Å². The Morgan fingerprint density at radius 1 is 1.50 bits per heavy atom. The number of carbonyl (C=O) groups excluding carboxylic acids is 1. The molecule has 1 aromatic rings. The number of hydrogen-bond acceptors (Lipinski definition) is 3. The van der Waals surface area contributed by atoms with Gasteiger partial charge in [-0.15, -0.1) is 0 Å². The lowest BCUT2D eigenvalue weighted by Crippen LogP contribution is -2.52. The van der Waals surface area contributed by atoms with Crippen LogP contribution in [0.4, 0.5) is 5.69 Å². The quantitative estimate of drug-likeness (QED) is 0.867. The van der Waals surface area contributed by atoms with Crippen LogP contribution in [0.1, 0.15) is 50.5 Å². The van der Waals surface area contributed by atoms with Crippen LogP contribution in [0.2, 0.25) is 0 Å². The fourth-order valence-corrected chi connectivity index (χ4v) is 4.54. The molecule has 2 fully saturated rings. The first-order valence-corrected chi connectivity index (χ1v) is 7.34. The summed E-state index contributed by atoms with van der Waals surface area (Å²) in [6.45, 7) is 6.85. The van der Waals surface area contributed by atoms with Gasteiger partial charge in [-0.25, -0.2) is 0 Å². The summed E-state index contributed by atoms with van der Waals surface area (Å²) in [5.74, 6) is 0.564. The molecule has 1 amide bonds. The highest BCUT2D eigenvalue weighted by Gasteiger charge is 2.59. The zero-order chi connectivity index (χ0) is 14.7. The van der Waals surface area contributed by atoms with Gasteiger partial charge in [0.2, 0.25) is 0 Å². The molecule has 3 rings (SSSR count). The highest BCUT2D eigenvalue weighted by atomic mass is 16.2. The third-order valence-electron chi connectivity index (χ3n) is 5.62. The second-order valence-corrected chi connectivity index (χ2v) is 7.43. The maximum Gasteiger partial charge on any atom is 0.274 e. The smallest absolute Gasteiger partial charge is 0.274 e. The van der Waals surface area contributed by atoms with E-state index < -0.39 is 0 Å². The number of aromatic nitrogens is 2. The van der Waals surface area contributed by atoms with Crippen molar-refractivity contribution < 1.29 is 4.79 Å². The van der Waals surface area contributed by atoms with Gasteiger partial charge in [0.1, 0.15) is 0 Å². The van der Waals surface area contributed by atoms with E-state index in [-0.39, 0.29) is 22.8 Å². The Bertz CT molecular complexity index is 557. The van der Waals surface area contributed by atoms with Gasteiger partial charge in [0, 0.05) is 19.3 Å². The summed E-state index contributed by atoms with van der Waals surface area (Å²) in [6, 6.07) is 0.197. The minimum absolute atomic E-state index is 0.144. The van der Waals surface area contributed by atoms with Gasteiger partial charge in [0.15, 0.2) is 5.69 Å². The van der Waals surface area contributed by atoms with Gasteiger partial charge in [-0.05, 0) is 36.0 Å². The largest absolute Gasteiger partial charge is 0.396 e. The molecular formula is C15H24N4O. The average molecular weight is 276 g/mol. The van der Waals surface area contributed by atoms with Gasteiger partial charge >= 0.3 is 0 Å². The first-order valence-electron chi connectivity index (χ1n) is 7.34. The van der Waals surface area contributed by atoms with Crippen molar-refractivity contribution in [1.82, 2.24) is 15.1 Å². The molecule has 110 valence electrons. The molecule has 2 bridgehead atoms. The number of rotatable bonds is 2. The van der Waals surface area contributed by atoms with Gasteiger partial charge in [-0.3, -0.25) is 9.48 Å². The van der Waals surface area contributed by atoms with E-state index in [2.05, 4.69) is 31.2 Å². The molecule has 0 radical (unpaired) electrons. The molecule has 5 heteroatoms. The van der Waals surface area contributed by atoms with Crippen LogP contribution in [-0.2, 0) is 7.05 Å². The van der Waals surface area contributed by atoms with Crippen LogP contribution in [0.25, 0.3) is 0 Å². The van der Waals surface area contributed by atoms with E-state index in [9.17, 15) is 4.79 Å². The Hall–Kier alpha value is -1.52. The summed E-state index contributed by atoms with van der Waals surface area (Å²) in [5, 5.41) is 7.38. The van der Waals surface area contributed by atoms with Crippen molar-refractivity contribution in [2.45, 2.75) is 46.1 Å². The Kier molecular flexibility index (Phi) is 2.69. The molecule has 0 spiro atoms. The number of nitrogens with two attached hydrogens (primary N) is 1. The lowest BCUT2D eigenvalue weighted by atomic mass is 9.68. The number of aryl methyl sites for hydroxylation is 1. The molecule has 1 heterocycles. The van der Waals surface area contributed by atoms with Gasteiger partial charge in [-0.2, -0.15) is 5.10 Å². The molecule has 3 unspecified atom stereocenters. The normalized spacial score (nSPS) is 34.4. The van der Waals surface area contributed by atoms with Gasteiger partial charge in [-0.1, -0.05) is 20.8 Å². The summed E-state index contributed by atoms with van der Waals surface area (Å²) in [6.07, 6.45) is 5.36. The minimum atomic E-state index is -0.144. The van der Waals surface area contributed by atoms with Gasteiger partial charge in [0.05, 0.1) is 5.69 Å². The highest BCUT2D eigenvalue weighted by molar-refractivity contribution is 5.97. The maximum atomic E-state index is 12.5. The van der Waals surface area contributed by atoms with E-state index >= 15 is 0 Å². The summed E-state index contributed by atoms with van der Waals surface area (Å²) in [4.78, 5) is 12.5. The van der Waals surface area contributed by atoms with E-state index in [1.54, 1.807) is 17.9 Å². The summed E-state index contributed by atoms with van der Waals surface area (Å²) >= 11 is 0. The highest BCUT2D eigenvalue weighted by Crippen LogP contribution is 2.62. The van der Waals surface area contributed by atoms with Crippen LogP contribution in [-0.4, -0.2) is 21.7 Å². The van der Waals surface area contributed by atoms with Crippen LogP contribution >= 0.6 is 0 Å². The second-order valence-electron chi connectivity index (χ2n) is 7.43. The maximum absolute atomic E-state index is 12.5. The van der Waals surface area contributed by atoms with Crippen molar-refractivity contribution in [2.75, 3.05) is 5.73 Å². The van der Waals surface area contributed by atoms with Crippen molar-refractivity contribution in [3.63, 3.8) is 0 Å². The molecule has 2 aliphatic carbocycles. The molecule has 0 saturated heterocycles. The Balaban J connectivity index is 1.84.